The maximum atomic E-state index is 13.4. The first-order valence-corrected chi connectivity index (χ1v) is 12.5. The Balaban J connectivity index is 1.29. The number of allylic oxidation sites excluding steroid dienone is 2. The summed E-state index contributed by atoms with van der Waals surface area (Å²) in [5, 5.41) is 13.4. The maximum absolute atomic E-state index is 13.4. The zero-order valence-electron chi connectivity index (χ0n) is 18.6. The standard InChI is InChI=1S/C28H30N2O2/c31-27-23(21-13-17-5-1-9-29-10-2-6-18(14-21)25(17)29)28(32)24(27)22-15-19-7-3-11-30-12-4-8-20(16-22)26(19)30/h13-16,23,31H,1-12H2/p-1. The lowest BCUT2D eigenvalue weighted by molar-refractivity contribution is -0.310. The van der Waals surface area contributed by atoms with Crippen molar-refractivity contribution in [3.8, 4) is 0 Å². The van der Waals surface area contributed by atoms with E-state index in [1.807, 2.05) is 0 Å². The molecule has 1 aliphatic carbocycles. The first-order valence-electron chi connectivity index (χ1n) is 12.5. The van der Waals surface area contributed by atoms with E-state index in [9.17, 15) is 9.90 Å². The topological polar surface area (TPSA) is 46.6 Å². The molecule has 5 aliphatic rings. The molecule has 2 aromatic carbocycles. The van der Waals surface area contributed by atoms with E-state index in [4.69, 9.17) is 0 Å². The van der Waals surface area contributed by atoms with Crippen LogP contribution in [0, 0.1) is 0 Å². The smallest absolute Gasteiger partial charge is 0.173 e. The SMILES string of the molecule is O=C1C(c2cc3c4c(c2)CCCN4CCC3)=C([O-])C1c1cc2c3c(c1)CCCN3CCC2. The van der Waals surface area contributed by atoms with Crippen molar-refractivity contribution in [2.45, 2.75) is 57.3 Å². The van der Waals surface area contributed by atoms with Gasteiger partial charge in [-0.05, 0) is 96.9 Å². The molecule has 0 amide bonds. The van der Waals surface area contributed by atoms with Gasteiger partial charge in [0.25, 0.3) is 0 Å². The number of carbonyl (C=O) groups is 1. The predicted molar refractivity (Wildman–Crippen MR) is 125 cm³/mol. The summed E-state index contributed by atoms with van der Waals surface area (Å²) in [6.45, 7) is 4.54. The van der Waals surface area contributed by atoms with Crippen molar-refractivity contribution in [1.29, 1.82) is 0 Å². The summed E-state index contributed by atoms with van der Waals surface area (Å²) >= 11 is 0. The highest BCUT2D eigenvalue weighted by atomic mass is 16.3. The van der Waals surface area contributed by atoms with E-state index in [0.29, 0.717) is 5.57 Å². The lowest BCUT2D eigenvalue weighted by Gasteiger charge is -2.41. The molecule has 7 rings (SSSR count). The lowest BCUT2D eigenvalue weighted by Crippen LogP contribution is -2.37. The van der Waals surface area contributed by atoms with Crippen molar-refractivity contribution in [3.05, 3.63) is 63.4 Å². The van der Waals surface area contributed by atoms with E-state index < -0.39 is 5.92 Å². The minimum atomic E-state index is -0.590. The molecule has 0 fully saturated rings. The predicted octanol–water partition coefficient (Wildman–Crippen LogP) is 3.52. The highest BCUT2D eigenvalue weighted by Gasteiger charge is 2.37. The van der Waals surface area contributed by atoms with Gasteiger partial charge in [-0.1, -0.05) is 12.1 Å². The van der Waals surface area contributed by atoms with Crippen molar-refractivity contribution in [1.82, 2.24) is 0 Å². The van der Waals surface area contributed by atoms with Crippen molar-refractivity contribution in [2.24, 2.45) is 0 Å². The van der Waals surface area contributed by atoms with E-state index in [2.05, 4.69) is 34.1 Å². The number of ketones is 1. The van der Waals surface area contributed by atoms with Crippen LogP contribution >= 0.6 is 0 Å². The first kappa shape index (κ1) is 18.8. The van der Waals surface area contributed by atoms with Gasteiger partial charge < -0.3 is 14.9 Å². The number of hydrogen-bond acceptors (Lipinski definition) is 4. The molecular formula is C28H29N2O2-. The van der Waals surface area contributed by atoms with Gasteiger partial charge in [-0.25, -0.2) is 0 Å². The number of anilines is 2. The van der Waals surface area contributed by atoms with Gasteiger partial charge >= 0.3 is 0 Å². The maximum Gasteiger partial charge on any atom is 0.173 e. The Morgan fingerprint density at radius 2 is 1.12 bits per heavy atom. The van der Waals surface area contributed by atoms with Crippen molar-refractivity contribution in [3.63, 3.8) is 0 Å². The zero-order valence-corrected chi connectivity index (χ0v) is 18.6. The van der Waals surface area contributed by atoms with Crippen LogP contribution in [0.25, 0.3) is 5.57 Å². The lowest BCUT2D eigenvalue weighted by atomic mass is 9.72. The van der Waals surface area contributed by atoms with E-state index >= 15 is 0 Å². The Morgan fingerprint density at radius 1 is 0.688 bits per heavy atom. The Kier molecular flexibility index (Phi) is 4.03. The monoisotopic (exact) mass is 425 g/mol. The second kappa shape index (κ2) is 6.87. The second-order valence-corrected chi connectivity index (χ2v) is 10.3. The van der Waals surface area contributed by atoms with Crippen LogP contribution in [0.2, 0.25) is 0 Å². The highest BCUT2D eigenvalue weighted by molar-refractivity contribution is 6.31. The van der Waals surface area contributed by atoms with Crippen LogP contribution in [0.3, 0.4) is 0 Å². The van der Waals surface area contributed by atoms with Crippen LogP contribution in [-0.4, -0.2) is 32.0 Å². The number of hydrogen-bond donors (Lipinski definition) is 0. The van der Waals surface area contributed by atoms with Crippen LogP contribution in [0.5, 0.6) is 0 Å². The molecule has 4 heteroatoms. The fourth-order valence-electron chi connectivity index (χ4n) is 6.98. The summed E-state index contributed by atoms with van der Waals surface area (Å²) in [5.74, 6) is -0.532. The number of rotatable bonds is 2. The zero-order chi connectivity index (χ0) is 21.4. The van der Waals surface area contributed by atoms with Crippen LogP contribution < -0.4 is 14.9 Å². The van der Waals surface area contributed by atoms with Crippen molar-refractivity contribution >= 4 is 22.7 Å². The summed E-state index contributed by atoms with van der Waals surface area (Å²) in [5.41, 5.74) is 10.4. The van der Waals surface area contributed by atoms with Crippen LogP contribution in [0.4, 0.5) is 11.4 Å². The Morgan fingerprint density at radius 3 is 1.56 bits per heavy atom. The summed E-state index contributed by atoms with van der Waals surface area (Å²) in [7, 11) is 0. The number of Topliss-reactive ketones (excluding diaryl/α,β-unsaturated/α-hetero) is 1. The third kappa shape index (κ3) is 2.58. The molecule has 1 unspecified atom stereocenters. The molecule has 0 aromatic heterocycles. The van der Waals surface area contributed by atoms with Gasteiger partial charge in [0.05, 0.1) is 5.92 Å². The molecule has 4 heterocycles. The molecule has 0 bridgehead atoms. The van der Waals surface area contributed by atoms with E-state index in [1.165, 1.54) is 33.6 Å². The molecule has 2 aromatic rings. The molecular weight excluding hydrogens is 396 g/mol. The van der Waals surface area contributed by atoms with Gasteiger partial charge in [0, 0.05) is 43.1 Å². The molecule has 164 valence electrons. The highest BCUT2D eigenvalue weighted by Crippen LogP contribution is 2.46. The van der Waals surface area contributed by atoms with Gasteiger partial charge in [0.2, 0.25) is 0 Å². The van der Waals surface area contributed by atoms with E-state index in [-0.39, 0.29) is 11.5 Å². The first-order chi connectivity index (χ1) is 15.7. The molecule has 0 spiro atoms. The third-order valence-electron chi connectivity index (χ3n) is 8.33. The van der Waals surface area contributed by atoms with Gasteiger partial charge in [-0.2, -0.15) is 0 Å². The van der Waals surface area contributed by atoms with Gasteiger partial charge in [0.15, 0.2) is 5.78 Å². The Hall–Kier alpha value is -2.75. The molecule has 0 N–H and O–H groups in total. The van der Waals surface area contributed by atoms with Gasteiger partial charge in [-0.15, -0.1) is 5.76 Å². The Labute approximate surface area is 189 Å². The number of aryl methyl sites for hydroxylation is 4. The van der Waals surface area contributed by atoms with Crippen LogP contribution in [0.15, 0.2) is 30.0 Å². The fraction of sp³-hybridized carbons (Fsp3) is 0.464. The summed E-state index contributed by atoms with van der Waals surface area (Å²) in [6.07, 6.45) is 8.86. The molecule has 0 radical (unpaired) electrons. The molecule has 0 saturated carbocycles. The molecule has 4 nitrogen and oxygen atoms in total. The normalized spacial score (nSPS) is 23.6. The average molecular weight is 426 g/mol. The molecule has 32 heavy (non-hydrogen) atoms. The van der Waals surface area contributed by atoms with Gasteiger partial charge in [0.1, 0.15) is 0 Å². The molecule has 0 saturated heterocycles. The minimum absolute atomic E-state index is 0.0289. The second-order valence-electron chi connectivity index (χ2n) is 10.3. The van der Waals surface area contributed by atoms with Crippen LogP contribution in [-0.2, 0) is 30.5 Å². The summed E-state index contributed by atoms with van der Waals surface area (Å²) < 4.78 is 0. The molecule has 1 atom stereocenters. The van der Waals surface area contributed by atoms with E-state index in [1.54, 1.807) is 0 Å². The largest absolute Gasteiger partial charge is 0.874 e. The number of carbonyl (C=O) groups excluding carboxylic acids is 1. The quantitative estimate of drug-likeness (QED) is 0.739. The number of benzene rings is 2. The Bertz CT molecular complexity index is 1130. The number of nitrogens with zero attached hydrogens (tertiary/aromatic N) is 2. The van der Waals surface area contributed by atoms with Crippen molar-refractivity contribution < 1.29 is 9.90 Å². The summed E-state index contributed by atoms with van der Waals surface area (Å²) in [6, 6.07) is 8.63. The third-order valence-corrected chi connectivity index (χ3v) is 8.33. The molecule has 4 aliphatic heterocycles. The van der Waals surface area contributed by atoms with Gasteiger partial charge in [-0.3, -0.25) is 4.79 Å². The van der Waals surface area contributed by atoms with Crippen molar-refractivity contribution in [2.75, 3.05) is 36.0 Å². The minimum Gasteiger partial charge on any atom is -0.874 e. The fourth-order valence-corrected chi connectivity index (χ4v) is 6.98. The average Bonchev–Trinajstić information content (AvgIpc) is 2.80. The van der Waals surface area contributed by atoms with E-state index in [0.717, 1.165) is 88.7 Å². The van der Waals surface area contributed by atoms with Crippen LogP contribution in [0.1, 0.15) is 65.0 Å². The summed E-state index contributed by atoms with van der Waals surface area (Å²) in [4.78, 5) is 18.4.